The van der Waals surface area contributed by atoms with Gasteiger partial charge in [-0.15, -0.1) is 11.6 Å². The molecular weight excluding hydrogens is 136 g/mol. The summed E-state index contributed by atoms with van der Waals surface area (Å²) in [7, 11) is -0.261. The van der Waals surface area contributed by atoms with Crippen molar-refractivity contribution in [3.05, 3.63) is 0 Å². The van der Waals surface area contributed by atoms with Crippen LogP contribution in [0.4, 0.5) is 0 Å². The molecule has 0 unspecified atom stereocenters. The van der Waals surface area contributed by atoms with Gasteiger partial charge in [0.25, 0.3) is 0 Å². The maximum absolute atomic E-state index is 5.50. The number of unbranched alkanes of at least 4 members (excludes halogenated alkanes) is 1. The van der Waals surface area contributed by atoms with Crippen LogP contribution in [0.15, 0.2) is 0 Å². The van der Waals surface area contributed by atoms with Crippen LogP contribution in [0.25, 0.3) is 0 Å². The van der Waals surface area contributed by atoms with Crippen molar-refractivity contribution in [3.8, 4) is 0 Å². The molecule has 0 saturated carbocycles. The van der Waals surface area contributed by atoms with E-state index in [4.69, 9.17) is 11.6 Å². The van der Waals surface area contributed by atoms with Gasteiger partial charge in [0.15, 0.2) is 0 Å². The van der Waals surface area contributed by atoms with Crippen LogP contribution in [0.3, 0.4) is 0 Å². The highest BCUT2D eigenvalue weighted by atomic mass is 35.5. The maximum Gasteiger partial charge on any atom is 0.0305 e. The van der Waals surface area contributed by atoms with Crippen molar-refractivity contribution in [1.29, 1.82) is 0 Å². The summed E-state index contributed by atoms with van der Waals surface area (Å²) in [4.78, 5) is 0. The molecule has 0 amide bonds. The summed E-state index contributed by atoms with van der Waals surface area (Å²) >= 11 is 5.50. The van der Waals surface area contributed by atoms with Gasteiger partial charge in [-0.1, -0.05) is 25.6 Å². The summed E-state index contributed by atoms with van der Waals surface area (Å²) in [5, 5.41) is 0. The molecule has 0 rings (SSSR count). The van der Waals surface area contributed by atoms with E-state index in [1.807, 2.05) is 0 Å². The van der Waals surface area contributed by atoms with E-state index in [0.29, 0.717) is 0 Å². The lowest BCUT2D eigenvalue weighted by atomic mass is 10.4. The Morgan fingerprint density at radius 3 is 2.25 bits per heavy atom. The Bertz CT molecular complexity index is 45.8. The van der Waals surface area contributed by atoms with Crippen molar-refractivity contribution >= 4 is 20.4 Å². The summed E-state index contributed by atoms with van der Waals surface area (Å²) in [6.45, 7) is 4.77. The summed E-state index contributed by atoms with van der Waals surface area (Å²) in [5.41, 5.74) is 0. The smallest absolute Gasteiger partial charge is 0.0305 e. The van der Waals surface area contributed by atoms with Crippen LogP contribution in [-0.2, 0) is 0 Å². The van der Waals surface area contributed by atoms with E-state index in [0.717, 1.165) is 5.88 Å². The molecule has 0 aromatic heterocycles. The Balaban J connectivity index is 2.72. The SMILES string of the molecule is C[SiH](C)CCCCCl. The first kappa shape index (κ1) is 8.51. The average Bonchev–Trinajstić information content (AvgIpc) is 1.66. The zero-order valence-electron chi connectivity index (χ0n) is 5.78. The van der Waals surface area contributed by atoms with Crippen molar-refractivity contribution in [2.75, 3.05) is 5.88 Å². The Labute approximate surface area is 58.8 Å². The van der Waals surface area contributed by atoms with Crippen molar-refractivity contribution in [3.63, 3.8) is 0 Å². The molecule has 0 aliphatic carbocycles. The summed E-state index contributed by atoms with van der Waals surface area (Å²) < 4.78 is 0. The summed E-state index contributed by atoms with van der Waals surface area (Å²) in [5.74, 6) is 0.848. The Kier molecular flexibility index (Phi) is 6.00. The summed E-state index contributed by atoms with van der Waals surface area (Å²) in [6.07, 6.45) is 2.57. The van der Waals surface area contributed by atoms with Crippen LogP contribution in [0.1, 0.15) is 12.8 Å². The van der Waals surface area contributed by atoms with Gasteiger partial charge in [0.2, 0.25) is 0 Å². The summed E-state index contributed by atoms with van der Waals surface area (Å²) in [6, 6.07) is 1.46. The van der Waals surface area contributed by atoms with Gasteiger partial charge in [-0.25, -0.2) is 0 Å². The first-order valence-electron chi connectivity index (χ1n) is 3.33. The molecule has 0 aromatic rings. The quantitative estimate of drug-likeness (QED) is 0.328. The van der Waals surface area contributed by atoms with E-state index in [9.17, 15) is 0 Å². The van der Waals surface area contributed by atoms with Gasteiger partial charge < -0.3 is 0 Å². The molecule has 0 nitrogen and oxygen atoms in total. The van der Waals surface area contributed by atoms with Crippen LogP contribution in [0.5, 0.6) is 0 Å². The molecule has 0 heterocycles. The fourth-order valence-electron chi connectivity index (χ4n) is 0.647. The molecular formula is C6H15ClSi. The second-order valence-electron chi connectivity index (χ2n) is 2.58. The van der Waals surface area contributed by atoms with Crippen LogP contribution in [0.2, 0.25) is 19.1 Å². The lowest BCUT2D eigenvalue weighted by Gasteiger charge is -1.98. The highest BCUT2D eigenvalue weighted by Gasteiger charge is 1.92. The minimum absolute atomic E-state index is 0.261. The number of rotatable bonds is 4. The topological polar surface area (TPSA) is 0 Å². The van der Waals surface area contributed by atoms with E-state index < -0.39 is 0 Å². The Morgan fingerprint density at radius 2 is 1.88 bits per heavy atom. The monoisotopic (exact) mass is 150 g/mol. The minimum atomic E-state index is -0.261. The normalized spacial score (nSPS) is 10.5. The van der Waals surface area contributed by atoms with Gasteiger partial charge in [0, 0.05) is 14.7 Å². The lowest BCUT2D eigenvalue weighted by molar-refractivity contribution is 0.881. The molecule has 50 valence electrons. The molecule has 0 radical (unpaired) electrons. The third-order valence-electron chi connectivity index (χ3n) is 1.17. The van der Waals surface area contributed by atoms with Gasteiger partial charge in [0.05, 0.1) is 0 Å². The van der Waals surface area contributed by atoms with Crippen molar-refractivity contribution < 1.29 is 0 Å². The van der Waals surface area contributed by atoms with Gasteiger partial charge >= 0.3 is 0 Å². The Hall–Kier alpha value is 0.507. The molecule has 0 spiro atoms. The van der Waals surface area contributed by atoms with Crippen LogP contribution < -0.4 is 0 Å². The largest absolute Gasteiger partial charge is 0.127 e. The molecule has 0 N–H and O–H groups in total. The van der Waals surface area contributed by atoms with Gasteiger partial charge in [-0.2, -0.15) is 0 Å². The van der Waals surface area contributed by atoms with Crippen molar-refractivity contribution in [2.24, 2.45) is 0 Å². The van der Waals surface area contributed by atoms with Crippen LogP contribution in [0, 0.1) is 0 Å². The number of hydrogen-bond donors (Lipinski definition) is 0. The molecule has 0 aromatic carbocycles. The van der Waals surface area contributed by atoms with E-state index in [2.05, 4.69) is 13.1 Å². The first-order valence-corrected chi connectivity index (χ1v) is 6.99. The van der Waals surface area contributed by atoms with Gasteiger partial charge in [-0.3, -0.25) is 0 Å². The van der Waals surface area contributed by atoms with E-state index in [1.165, 1.54) is 18.9 Å². The third-order valence-corrected chi connectivity index (χ3v) is 3.00. The molecule has 0 fully saturated rings. The van der Waals surface area contributed by atoms with Gasteiger partial charge in [0.1, 0.15) is 0 Å². The molecule has 0 aliphatic rings. The lowest BCUT2D eigenvalue weighted by Crippen LogP contribution is -1.97. The van der Waals surface area contributed by atoms with Crippen molar-refractivity contribution in [1.82, 2.24) is 0 Å². The standard InChI is InChI=1S/C6H15ClSi/c1-8(2)6-4-3-5-7/h8H,3-6H2,1-2H3. The number of alkyl halides is 1. The highest BCUT2D eigenvalue weighted by molar-refractivity contribution is 6.55. The van der Waals surface area contributed by atoms with E-state index in [-0.39, 0.29) is 8.80 Å². The highest BCUT2D eigenvalue weighted by Crippen LogP contribution is 2.01. The Morgan fingerprint density at radius 1 is 1.25 bits per heavy atom. The minimum Gasteiger partial charge on any atom is -0.127 e. The first-order chi connectivity index (χ1) is 3.77. The predicted molar refractivity (Wildman–Crippen MR) is 43.6 cm³/mol. The van der Waals surface area contributed by atoms with E-state index in [1.54, 1.807) is 0 Å². The fraction of sp³-hybridized carbons (Fsp3) is 1.00. The molecule has 0 atom stereocenters. The number of halogens is 1. The fourth-order valence-corrected chi connectivity index (χ4v) is 1.94. The average molecular weight is 151 g/mol. The molecule has 0 aliphatic heterocycles. The third kappa shape index (κ3) is 6.51. The van der Waals surface area contributed by atoms with Crippen LogP contribution >= 0.6 is 11.6 Å². The molecule has 8 heavy (non-hydrogen) atoms. The second-order valence-corrected chi connectivity index (χ2v) is 6.32. The van der Waals surface area contributed by atoms with Crippen LogP contribution in [-0.4, -0.2) is 14.7 Å². The number of hydrogen-bond acceptors (Lipinski definition) is 0. The van der Waals surface area contributed by atoms with E-state index >= 15 is 0 Å². The van der Waals surface area contributed by atoms with Gasteiger partial charge in [-0.05, 0) is 6.42 Å². The molecule has 0 saturated heterocycles. The zero-order chi connectivity index (χ0) is 6.41. The van der Waals surface area contributed by atoms with Crippen molar-refractivity contribution in [2.45, 2.75) is 32.0 Å². The molecule has 0 bridgehead atoms. The predicted octanol–water partition coefficient (Wildman–Crippen LogP) is 2.49. The molecule has 2 heteroatoms. The maximum atomic E-state index is 5.50. The second kappa shape index (κ2) is 5.64. The zero-order valence-corrected chi connectivity index (χ0v) is 7.69.